The highest BCUT2D eigenvalue weighted by Gasteiger charge is 2.24. The van der Waals surface area contributed by atoms with Crippen molar-refractivity contribution >= 4 is 32.6 Å². The van der Waals surface area contributed by atoms with Gasteiger partial charge >= 0.3 is 0 Å². The lowest BCUT2D eigenvalue weighted by molar-refractivity contribution is -0.117. The predicted molar refractivity (Wildman–Crippen MR) is 110 cm³/mol. The van der Waals surface area contributed by atoms with Gasteiger partial charge in [-0.3, -0.25) is 4.79 Å². The number of benzene rings is 1. The van der Waals surface area contributed by atoms with Gasteiger partial charge in [-0.25, -0.2) is 4.98 Å². The number of fused-ring (bicyclic) bond motifs is 1. The number of carbonyl (C=O) groups is 1. The Bertz CT molecular complexity index is 823. The van der Waals surface area contributed by atoms with Crippen LogP contribution in [0.1, 0.15) is 56.4 Å². The van der Waals surface area contributed by atoms with E-state index in [9.17, 15) is 9.90 Å². The first-order valence-corrected chi connectivity index (χ1v) is 11.0. The number of hydrogen-bond donors (Lipinski definition) is 2. The first-order chi connectivity index (χ1) is 13.6. The van der Waals surface area contributed by atoms with E-state index >= 15 is 0 Å². The van der Waals surface area contributed by atoms with Crippen LogP contribution < -0.4 is 10.1 Å². The number of thiazole rings is 1. The molecule has 1 aromatic carbocycles. The Morgan fingerprint density at radius 2 is 2.00 bits per heavy atom. The highest BCUT2D eigenvalue weighted by molar-refractivity contribution is 7.22. The van der Waals surface area contributed by atoms with Gasteiger partial charge in [0.1, 0.15) is 11.3 Å². The molecule has 2 aliphatic rings. The minimum Gasteiger partial charge on any atom is -0.494 e. The summed E-state index contributed by atoms with van der Waals surface area (Å²) in [6, 6.07) is 4.11. The van der Waals surface area contributed by atoms with Crippen molar-refractivity contribution in [2.24, 2.45) is 5.92 Å². The second kappa shape index (κ2) is 8.76. The van der Waals surface area contributed by atoms with E-state index < -0.39 is 0 Å². The zero-order valence-corrected chi connectivity index (χ0v) is 17.1. The van der Waals surface area contributed by atoms with Gasteiger partial charge in [-0.15, -0.1) is 0 Å². The first-order valence-electron chi connectivity index (χ1n) is 10.2. The Hall–Kier alpha value is -1.70. The molecular formula is C21H28N2O4S. The standard InChI is InChI=1S/C21H28N2O4S/c1-26-17-7-6-16(14-8-10-27-11-9-14)20-19(17)23-21(28-20)22-18(25)12-13-2-4-15(24)5-3-13/h6-7,13-15,24H,2-5,8-12H2,1H3,(H,22,23,25)/t13-,15-. The maximum absolute atomic E-state index is 12.5. The van der Waals surface area contributed by atoms with Crippen LogP contribution >= 0.6 is 11.3 Å². The van der Waals surface area contributed by atoms with Crippen LogP contribution in [0.3, 0.4) is 0 Å². The summed E-state index contributed by atoms with van der Waals surface area (Å²) < 4.78 is 12.1. The van der Waals surface area contributed by atoms with Crippen LogP contribution in [0.15, 0.2) is 12.1 Å². The molecule has 2 heterocycles. The quantitative estimate of drug-likeness (QED) is 0.785. The average Bonchev–Trinajstić information content (AvgIpc) is 3.13. The molecule has 0 radical (unpaired) electrons. The van der Waals surface area contributed by atoms with Crippen molar-refractivity contribution < 1.29 is 19.4 Å². The maximum atomic E-state index is 12.5. The van der Waals surface area contributed by atoms with E-state index in [-0.39, 0.29) is 12.0 Å². The molecule has 152 valence electrons. The van der Waals surface area contributed by atoms with Crippen LogP contribution in [0.4, 0.5) is 5.13 Å². The molecule has 1 aliphatic heterocycles. The molecule has 0 unspecified atom stereocenters. The van der Waals surface area contributed by atoms with Crippen molar-refractivity contribution in [2.75, 3.05) is 25.6 Å². The monoisotopic (exact) mass is 404 g/mol. The van der Waals surface area contributed by atoms with Crippen molar-refractivity contribution in [2.45, 2.75) is 57.0 Å². The summed E-state index contributed by atoms with van der Waals surface area (Å²) in [5.41, 5.74) is 2.10. The molecule has 1 amide bonds. The molecule has 7 heteroatoms. The zero-order chi connectivity index (χ0) is 19.5. The molecule has 28 heavy (non-hydrogen) atoms. The molecule has 0 spiro atoms. The van der Waals surface area contributed by atoms with Gasteiger partial charge in [-0.1, -0.05) is 17.4 Å². The topological polar surface area (TPSA) is 80.7 Å². The maximum Gasteiger partial charge on any atom is 0.226 e. The van der Waals surface area contributed by atoms with E-state index in [1.54, 1.807) is 7.11 Å². The number of carbonyl (C=O) groups excluding carboxylic acids is 1. The smallest absolute Gasteiger partial charge is 0.226 e. The number of methoxy groups -OCH3 is 1. The Kier molecular flexibility index (Phi) is 6.13. The minimum atomic E-state index is -0.195. The number of anilines is 1. The third-order valence-corrected chi connectivity index (χ3v) is 6.97. The summed E-state index contributed by atoms with van der Waals surface area (Å²) in [6.45, 7) is 1.58. The van der Waals surface area contributed by atoms with Crippen LogP contribution in [0.5, 0.6) is 5.75 Å². The van der Waals surface area contributed by atoms with Crippen molar-refractivity contribution in [1.29, 1.82) is 0 Å². The summed E-state index contributed by atoms with van der Waals surface area (Å²) >= 11 is 1.53. The van der Waals surface area contributed by atoms with Crippen LogP contribution in [0, 0.1) is 5.92 Å². The fourth-order valence-electron chi connectivity index (χ4n) is 4.33. The molecular weight excluding hydrogens is 376 g/mol. The summed E-state index contributed by atoms with van der Waals surface area (Å²) in [7, 11) is 1.65. The SMILES string of the molecule is COc1ccc(C2CCOCC2)c2sc(NC(=O)C[C@H]3CC[C@H](O)CC3)nc12. The summed E-state index contributed by atoms with van der Waals surface area (Å²) in [6.07, 6.45) is 5.73. The van der Waals surface area contributed by atoms with Gasteiger partial charge < -0.3 is 19.9 Å². The Morgan fingerprint density at radius 1 is 1.25 bits per heavy atom. The third-order valence-electron chi connectivity index (χ3n) is 5.95. The number of hydrogen-bond acceptors (Lipinski definition) is 6. The number of aromatic nitrogens is 1. The summed E-state index contributed by atoms with van der Waals surface area (Å²) in [4.78, 5) is 17.2. The number of rotatable bonds is 5. The number of amides is 1. The Balaban J connectivity index is 1.52. The fraction of sp³-hybridized carbons (Fsp3) is 0.619. The van der Waals surface area contributed by atoms with E-state index in [1.165, 1.54) is 16.9 Å². The molecule has 0 bridgehead atoms. The van der Waals surface area contributed by atoms with Crippen LogP contribution in [0.2, 0.25) is 0 Å². The van der Waals surface area contributed by atoms with E-state index in [0.717, 1.165) is 67.7 Å². The zero-order valence-electron chi connectivity index (χ0n) is 16.3. The largest absolute Gasteiger partial charge is 0.494 e. The Morgan fingerprint density at radius 3 is 2.71 bits per heavy atom. The number of aliphatic hydroxyl groups is 1. The average molecular weight is 405 g/mol. The molecule has 6 nitrogen and oxygen atoms in total. The van der Waals surface area contributed by atoms with Crippen LogP contribution in [-0.2, 0) is 9.53 Å². The normalized spacial score (nSPS) is 23.6. The van der Waals surface area contributed by atoms with E-state index in [2.05, 4.69) is 16.4 Å². The van der Waals surface area contributed by atoms with Gasteiger partial charge in [0.2, 0.25) is 5.91 Å². The van der Waals surface area contributed by atoms with Gasteiger partial charge in [-0.05, 0) is 62.0 Å². The highest BCUT2D eigenvalue weighted by Crippen LogP contribution is 2.40. The molecule has 1 aliphatic carbocycles. The van der Waals surface area contributed by atoms with Gasteiger partial charge in [0, 0.05) is 19.6 Å². The molecule has 1 saturated carbocycles. The predicted octanol–water partition coefficient (Wildman–Crippen LogP) is 4.08. The molecule has 0 atom stereocenters. The van der Waals surface area contributed by atoms with Gasteiger partial charge in [-0.2, -0.15) is 0 Å². The van der Waals surface area contributed by atoms with Crippen molar-refractivity contribution in [3.63, 3.8) is 0 Å². The second-order valence-electron chi connectivity index (χ2n) is 7.87. The van der Waals surface area contributed by atoms with Crippen molar-refractivity contribution in [1.82, 2.24) is 4.98 Å². The lowest BCUT2D eigenvalue weighted by Crippen LogP contribution is -2.22. The lowest BCUT2D eigenvalue weighted by Gasteiger charge is -2.24. The van der Waals surface area contributed by atoms with E-state index in [0.29, 0.717) is 23.4 Å². The van der Waals surface area contributed by atoms with Gasteiger partial charge in [0.05, 0.1) is 17.9 Å². The van der Waals surface area contributed by atoms with Gasteiger partial charge in [0.15, 0.2) is 5.13 Å². The number of ether oxygens (including phenoxy) is 2. The first kappa shape index (κ1) is 19.6. The summed E-state index contributed by atoms with van der Waals surface area (Å²) in [5, 5.41) is 13.3. The molecule has 4 rings (SSSR count). The summed E-state index contributed by atoms with van der Waals surface area (Å²) in [5.74, 6) is 1.56. The molecule has 2 fully saturated rings. The highest BCUT2D eigenvalue weighted by atomic mass is 32.1. The lowest BCUT2D eigenvalue weighted by atomic mass is 9.85. The minimum absolute atomic E-state index is 0.00651. The molecule has 2 N–H and O–H groups in total. The Labute approximate surface area is 169 Å². The van der Waals surface area contributed by atoms with Gasteiger partial charge in [0.25, 0.3) is 0 Å². The molecule has 2 aromatic rings. The number of nitrogens with zero attached hydrogens (tertiary/aromatic N) is 1. The van der Waals surface area contributed by atoms with Crippen LogP contribution in [-0.4, -0.2) is 42.4 Å². The number of nitrogens with one attached hydrogen (secondary N) is 1. The van der Waals surface area contributed by atoms with Crippen molar-refractivity contribution in [3.05, 3.63) is 17.7 Å². The van der Waals surface area contributed by atoms with E-state index in [4.69, 9.17) is 9.47 Å². The molecule has 1 saturated heterocycles. The van der Waals surface area contributed by atoms with E-state index in [1.807, 2.05) is 6.07 Å². The second-order valence-corrected chi connectivity index (χ2v) is 8.87. The third kappa shape index (κ3) is 4.31. The van der Waals surface area contributed by atoms with Crippen molar-refractivity contribution in [3.8, 4) is 5.75 Å². The van der Waals surface area contributed by atoms with Crippen LogP contribution in [0.25, 0.3) is 10.2 Å². The number of aliphatic hydroxyl groups excluding tert-OH is 1. The fourth-order valence-corrected chi connectivity index (χ4v) is 5.42. The molecule has 1 aromatic heterocycles.